The molecule has 2 aromatic carbocycles. The Morgan fingerprint density at radius 1 is 1.00 bits per heavy atom. The van der Waals surface area contributed by atoms with Crippen LogP contribution in [0, 0.1) is 5.92 Å². The second kappa shape index (κ2) is 8.19. The zero-order valence-corrected chi connectivity index (χ0v) is 15.8. The number of carbonyl (C=O) groups is 1. The SMILES string of the molecule is CCC(C)CC(C)(c1ccc(OC)cc1)c1ccc(OC(C)=O)cc1. The van der Waals surface area contributed by atoms with Crippen molar-refractivity contribution in [1.82, 2.24) is 0 Å². The molecule has 2 atom stereocenters. The van der Waals surface area contributed by atoms with Gasteiger partial charge in [0.05, 0.1) is 7.11 Å². The van der Waals surface area contributed by atoms with E-state index in [1.807, 2.05) is 24.3 Å². The molecule has 0 aromatic heterocycles. The van der Waals surface area contributed by atoms with E-state index in [0.717, 1.165) is 18.6 Å². The fourth-order valence-electron chi connectivity index (χ4n) is 3.26. The van der Waals surface area contributed by atoms with Crippen molar-refractivity contribution in [2.75, 3.05) is 7.11 Å². The fourth-order valence-corrected chi connectivity index (χ4v) is 3.26. The predicted molar refractivity (Wildman–Crippen MR) is 101 cm³/mol. The zero-order valence-electron chi connectivity index (χ0n) is 15.8. The van der Waals surface area contributed by atoms with Crippen LogP contribution in [0.3, 0.4) is 0 Å². The summed E-state index contributed by atoms with van der Waals surface area (Å²) in [6.45, 7) is 8.21. The minimum atomic E-state index is -0.301. The highest BCUT2D eigenvalue weighted by Crippen LogP contribution is 2.39. The van der Waals surface area contributed by atoms with Crippen LogP contribution in [0.15, 0.2) is 48.5 Å². The first-order valence-electron chi connectivity index (χ1n) is 8.82. The highest BCUT2D eigenvalue weighted by molar-refractivity contribution is 5.69. The first kappa shape index (κ1) is 19.0. The molecule has 0 amide bonds. The first-order chi connectivity index (χ1) is 11.9. The number of hydrogen-bond acceptors (Lipinski definition) is 3. The van der Waals surface area contributed by atoms with Crippen molar-refractivity contribution < 1.29 is 14.3 Å². The summed E-state index contributed by atoms with van der Waals surface area (Å²) in [5.74, 6) is 1.74. The van der Waals surface area contributed by atoms with Crippen molar-refractivity contribution in [1.29, 1.82) is 0 Å². The Hall–Kier alpha value is -2.29. The lowest BCUT2D eigenvalue weighted by molar-refractivity contribution is -0.131. The summed E-state index contributed by atoms with van der Waals surface area (Å²) < 4.78 is 10.5. The summed E-state index contributed by atoms with van der Waals surface area (Å²) in [7, 11) is 1.68. The topological polar surface area (TPSA) is 35.5 Å². The Balaban J connectivity index is 2.41. The third-order valence-corrected chi connectivity index (χ3v) is 4.93. The smallest absolute Gasteiger partial charge is 0.308 e. The number of ether oxygens (including phenoxy) is 2. The molecule has 3 nitrogen and oxygen atoms in total. The highest BCUT2D eigenvalue weighted by Gasteiger charge is 2.30. The van der Waals surface area contributed by atoms with Gasteiger partial charge in [-0.05, 0) is 47.7 Å². The van der Waals surface area contributed by atoms with E-state index in [1.165, 1.54) is 18.1 Å². The van der Waals surface area contributed by atoms with Gasteiger partial charge in [-0.3, -0.25) is 4.79 Å². The summed E-state index contributed by atoms with van der Waals surface area (Å²) >= 11 is 0. The molecule has 2 rings (SSSR count). The Morgan fingerprint density at radius 2 is 1.48 bits per heavy atom. The first-order valence-corrected chi connectivity index (χ1v) is 8.82. The normalized spacial score (nSPS) is 14.4. The van der Waals surface area contributed by atoms with Crippen LogP contribution in [0.25, 0.3) is 0 Å². The molecular formula is C22H28O3. The van der Waals surface area contributed by atoms with E-state index in [4.69, 9.17) is 9.47 Å². The van der Waals surface area contributed by atoms with Gasteiger partial charge < -0.3 is 9.47 Å². The minimum absolute atomic E-state index is 0.115. The number of methoxy groups -OCH3 is 1. The van der Waals surface area contributed by atoms with Crippen molar-refractivity contribution in [2.24, 2.45) is 5.92 Å². The lowest BCUT2D eigenvalue weighted by Crippen LogP contribution is -2.26. The van der Waals surface area contributed by atoms with Gasteiger partial charge in [0, 0.05) is 12.3 Å². The molecule has 0 radical (unpaired) electrons. The number of esters is 1. The van der Waals surface area contributed by atoms with Gasteiger partial charge in [0.1, 0.15) is 11.5 Å². The molecule has 0 heterocycles. The van der Waals surface area contributed by atoms with E-state index in [0.29, 0.717) is 11.7 Å². The maximum Gasteiger partial charge on any atom is 0.308 e. The van der Waals surface area contributed by atoms with E-state index in [-0.39, 0.29) is 11.4 Å². The van der Waals surface area contributed by atoms with E-state index < -0.39 is 0 Å². The molecule has 0 N–H and O–H groups in total. The van der Waals surface area contributed by atoms with Gasteiger partial charge in [-0.1, -0.05) is 51.5 Å². The molecule has 2 aromatic rings. The Kier molecular flexibility index (Phi) is 6.24. The van der Waals surface area contributed by atoms with Crippen LogP contribution in [0.5, 0.6) is 11.5 Å². The van der Waals surface area contributed by atoms with Crippen molar-refractivity contribution in [3.63, 3.8) is 0 Å². The molecule has 0 saturated heterocycles. The zero-order chi connectivity index (χ0) is 18.4. The van der Waals surface area contributed by atoms with Crippen molar-refractivity contribution in [3.8, 4) is 11.5 Å². The van der Waals surface area contributed by atoms with E-state index in [2.05, 4.69) is 45.0 Å². The quantitative estimate of drug-likeness (QED) is 0.502. The van der Waals surface area contributed by atoms with Gasteiger partial charge >= 0.3 is 5.97 Å². The molecule has 0 aliphatic heterocycles. The third-order valence-electron chi connectivity index (χ3n) is 4.93. The number of benzene rings is 2. The summed E-state index contributed by atoms with van der Waals surface area (Å²) in [4.78, 5) is 11.1. The molecule has 0 aliphatic rings. The summed E-state index contributed by atoms with van der Waals surface area (Å²) in [6.07, 6.45) is 2.18. The number of hydrogen-bond donors (Lipinski definition) is 0. The van der Waals surface area contributed by atoms with Crippen LogP contribution in [0.2, 0.25) is 0 Å². The van der Waals surface area contributed by atoms with Crippen molar-refractivity contribution in [2.45, 2.75) is 46.0 Å². The molecule has 0 saturated carbocycles. The maximum absolute atomic E-state index is 11.1. The standard InChI is InChI=1S/C22H28O3/c1-6-16(2)15-22(4,18-7-11-20(24-5)12-8-18)19-9-13-21(14-10-19)25-17(3)23/h7-14,16H,6,15H2,1-5H3. The molecule has 0 aliphatic carbocycles. The van der Waals surface area contributed by atoms with Crippen LogP contribution < -0.4 is 9.47 Å². The molecule has 0 bridgehead atoms. The Labute approximate surface area is 151 Å². The monoisotopic (exact) mass is 340 g/mol. The van der Waals surface area contributed by atoms with Crippen LogP contribution in [0.1, 0.15) is 51.7 Å². The van der Waals surface area contributed by atoms with E-state index >= 15 is 0 Å². The van der Waals surface area contributed by atoms with Gasteiger partial charge in [-0.15, -0.1) is 0 Å². The average Bonchev–Trinajstić information content (AvgIpc) is 2.61. The summed E-state index contributed by atoms with van der Waals surface area (Å²) in [5, 5.41) is 0. The van der Waals surface area contributed by atoms with Crippen LogP contribution in [-0.2, 0) is 10.2 Å². The number of rotatable bonds is 7. The Bertz CT molecular complexity index is 688. The molecular weight excluding hydrogens is 312 g/mol. The van der Waals surface area contributed by atoms with Gasteiger partial charge in [-0.25, -0.2) is 0 Å². The van der Waals surface area contributed by atoms with Crippen molar-refractivity contribution >= 4 is 5.97 Å². The van der Waals surface area contributed by atoms with Crippen LogP contribution >= 0.6 is 0 Å². The van der Waals surface area contributed by atoms with Crippen LogP contribution in [0.4, 0.5) is 0 Å². The van der Waals surface area contributed by atoms with Gasteiger partial charge in [0.25, 0.3) is 0 Å². The number of carbonyl (C=O) groups excluding carboxylic acids is 1. The molecule has 2 unspecified atom stereocenters. The lowest BCUT2D eigenvalue weighted by atomic mass is 9.70. The van der Waals surface area contributed by atoms with E-state index in [1.54, 1.807) is 7.11 Å². The molecule has 0 fully saturated rings. The maximum atomic E-state index is 11.1. The van der Waals surface area contributed by atoms with Crippen molar-refractivity contribution in [3.05, 3.63) is 59.7 Å². The van der Waals surface area contributed by atoms with Crippen LogP contribution in [-0.4, -0.2) is 13.1 Å². The lowest BCUT2D eigenvalue weighted by Gasteiger charge is -2.34. The van der Waals surface area contributed by atoms with Gasteiger partial charge in [0.2, 0.25) is 0 Å². The molecule has 0 spiro atoms. The summed E-state index contributed by atoms with van der Waals surface area (Å²) in [6, 6.07) is 16.2. The largest absolute Gasteiger partial charge is 0.497 e. The highest BCUT2D eigenvalue weighted by atomic mass is 16.5. The van der Waals surface area contributed by atoms with Gasteiger partial charge in [0.15, 0.2) is 0 Å². The fraction of sp³-hybridized carbons (Fsp3) is 0.409. The minimum Gasteiger partial charge on any atom is -0.497 e. The Morgan fingerprint density at radius 3 is 1.88 bits per heavy atom. The second-order valence-electron chi connectivity index (χ2n) is 6.90. The molecule has 3 heteroatoms. The van der Waals surface area contributed by atoms with Gasteiger partial charge in [-0.2, -0.15) is 0 Å². The summed E-state index contributed by atoms with van der Waals surface area (Å²) in [5.41, 5.74) is 2.36. The third kappa shape index (κ3) is 4.62. The predicted octanol–water partition coefficient (Wildman–Crippen LogP) is 5.36. The molecule has 25 heavy (non-hydrogen) atoms. The average molecular weight is 340 g/mol. The molecule has 134 valence electrons. The second-order valence-corrected chi connectivity index (χ2v) is 6.90. The van der Waals surface area contributed by atoms with E-state index in [9.17, 15) is 4.79 Å².